The number of benzene rings is 2. The van der Waals surface area contributed by atoms with Crippen LogP contribution in [0.3, 0.4) is 0 Å². The fourth-order valence-corrected chi connectivity index (χ4v) is 3.62. The zero-order valence-corrected chi connectivity index (χ0v) is 17.4. The SMILES string of the molecule is COc1ccc2oc(C(=O)OCC(=O)NC(=O)CCSc3ccccc3)c(C)c2c1. The van der Waals surface area contributed by atoms with E-state index in [0.29, 0.717) is 22.6 Å². The highest BCUT2D eigenvalue weighted by molar-refractivity contribution is 7.99. The first-order chi connectivity index (χ1) is 14.5. The normalized spacial score (nSPS) is 10.6. The third kappa shape index (κ3) is 5.42. The molecule has 0 aliphatic rings. The van der Waals surface area contributed by atoms with Crippen molar-refractivity contribution in [3.05, 3.63) is 59.9 Å². The number of methoxy groups -OCH3 is 1. The topological polar surface area (TPSA) is 94.8 Å². The molecular weight excluding hydrogens is 406 g/mol. The number of amides is 2. The third-order valence-corrected chi connectivity index (χ3v) is 5.30. The van der Waals surface area contributed by atoms with Crippen LogP contribution in [-0.2, 0) is 14.3 Å². The summed E-state index contributed by atoms with van der Waals surface area (Å²) in [5.41, 5.74) is 1.10. The largest absolute Gasteiger partial charge is 0.497 e. The second kappa shape index (κ2) is 9.98. The summed E-state index contributed by atoms with van der Waals surface area (Å²) in [7, 11) is 1.55. The molecule has 7 nitrogen and oxygen atoms in total. The van der Waals surface area contributed by atoms with Gasteiger partial charge >= 0.3 is 5.97 Å². The molecule has 2 aromatic carbocycles. The third-order valence-electron chi connectivity index (χ3n) is 4.28. The lowest BCUT2D eigenvalue weighted by Crippen LogP contribution is -2.34. The molecule has 2 amide bonds. The van der Waals surface area contributed by atoms with Gasteiger partial charge in [-0.1, -0.05) is 18.2 Å². The lowest BCUT2D eigenvalue weighted by Gasteiger charge is -2.05. The Morgan fingerprint density at radius 2 is 1.83 bits per heavy atom. The average molecular weight is 427 g/mol. The molecule has 0 aliphatic heterocycles. The number of furan rings is 1. The lowest BCUT2D eigenvalue weighted by atomic mass is 10.1. The molecule has 0 saturated carbocycles. The molecule has 0 bridgehead atoms. The van der Waals surface area contributed by atoms with Gasteiger partial charge in [0.1, 0.15) is 11.3 Å². The fourth-order valence-electron chi connectivity index (χ4n) is 2.75. The van der Waals surface area contributed by atoms with Crippen LogP contribution in [-0.4, -0.2) is 37.3 Å². The van der Waals surface area contributed by atoms with Crippen molar-refractivity contribution in [2.75, 3.05) is 19.5 Å². The van der Waals surface area contributed by atoms with E-state index in [0.717, 1.165) is 10.3 Å². The monoisotopic (exact) mass is 427 g/mol. The van der Waals surface area contributed by atoms with Gasteiger partial charge in [-0.15, -0.1) is 11.8 Å². The summed E-state index contributed by atoms with van der Waals surface area (Å²) in [5, 5.41) is 2.93. The van der Waals surface area contributed by atoms with Crippen molar-refractivity contribution in [2.24, 2.45) is 0 Å². The van der Waals surface area contributed by atoms with Gasteiger partial charge in [-0.25, -0.2) is 4.79 Å². The van der Waals surface area contributed by atoms with Crippen molar-refractivity contribution in [1.82, 2.24) is 5.32 Å². The molecule has 8 heteroatoms. The first-order valence-electron chi connectivity index (χ1n) is 9.22. The molecular formula is C22H21NO6S. The summed E-state index contributed by atoms with van der Waals surface area (Å²) in [4.78, 5) is 37.1. The van der Waals surface area contributed by atoms with Crippen molar-refractivity contribution in [2.45, 2.75) is 18.2 Å². The van der Waals surface area contributed by atoms with E-state index in [1.54, 1.807) is 32.2 Å². The van der Waals surface area contributed by atoms with E-state index in [2.05, 4.69) is 5.32 Å². The van der Waals surface area contributed by atoms with Gasteiger partial charge in [-0.2, -0.15) is 0 Å². The van der Waals surface area contributed by atoms with E-state index < -0.39 is 24.4 Å². The van der Waals surface area contributed by atoms with E-state index in [9.17, 15) is 14.4 Å². The first-order valence-corrected chi connectivity index (χ1v) is 10.2. The molecule has 0 fully saturated rings. The minimum atomic E-state index is -0.773. The van der Waals surface area contributed by atoms with Gasteiger partial charge in [0.25, 0.3) is 5.91 Å². The molecule has 3 aromatic rings. The van der Waals surface area contributed by atoms with Crippen LogP contribution in [0, 0.1) is 6.92 Å². The summed E-state index contributed by atoms with van der Waals surface area (Å²) in [6.45, 7) is 1.14. The fraction of sp³-hybridized carbons (Fsp3) is 0.227. The summed E-state index contributed by atoms with van der Waals surface area (Å²) in [6, 6.07) is 14.8. The van der Waals surface area contributed by atoms with Crippen molar-refractivity contribution in [3.63, 3.8) is 0 Å². The minimum absolute atomic E-state index is 0.0108. The van der Waals surface area contributed by atoms with Crippen molar-refractivity contribution in [1.29, 1.82) is 0 Å². The van der Waals surface area contributed by atoms with Crippen molar-refractivity contribution in [3.8, 4) is 5.75 Å². The Morgan fingerprint density at radius 3 is 2.57 bits per heavy atom. The molecule has 156 valence electrons. The number of ether oxygens (including phenoxy) is 2. The van der Waals surface area contributed by atoms with Crippen LogP contribution in [0.25, 0.3) is 11.0 Å². The molecule has 0 saturated heterocycles. The second-order valence-corrected chi connectivity index (χ2v) is 7.55. The van der Waals surface area contributed by atoms with Crippen LogP contribution in [0.15, 0.2) is 57.8 Å². The number of esters is 1. The van der Waals surface area contributed by atoms with Crippen molar-refractivity contribution < 1.29 is 28.3 Å². The number of fused-ring (bicyclic) bond motifs is 1. The number of carbonyl (C=O) groups is 3. The number of thioether (sulfide) groups is 1. The van der Waals surface area contributed by atoms with Gasteiger partial charge in [-0.05, 0) is 37.3 Å². The quantitative estimate of drug-likeness (QED) is 0.432. The lowest BCUT2D eigenvalue weighted by molar-refractivity contribution is -0.132. The highest BCUT2D eigenvalue weighted by Gasteiger charge is 2.21. The number of aryl methyl sites for hydroxylation is 1. The van der Waals surface area contributed by atoms with Crippen LogP contribution < -0.4 is 10.1 Å². The summed E-state index contributed by atoms with van der Waals surface area (Å²) >= 11 is 1.52. The molecule has 0 aliphatic carbocycles. The predicted molar refractivity (Wildman–Crippen MR) is 113 cm³/mol. The van der Waals surface area contributed by atoms with E-state index >= 15 is 0 Å². The van der Waals surface area contributed by atoms with Gasteiger partial charge in [-0.3, -0.25) is 14.9 Å². The summed E-state index contributed by atoms with van der Waals surface area (Å²) in [5.74, 6) is -0.707. The Morgan fingerprint density at radius 1 is 1.07 bits per heavy atom. The predicted octanol–water partition coefficient (Wildman–Crippen LogP) is 3.73. The molecule has 3 rings (SSSR count). The number of hydrogen-bond acceptors (Lipinski definition) is 7. The number of imide groups is 1. The van der Waals surface area contributed by atoms with Crippen molar-refractivity contribution >= 4 is 40.5 Å². The molecule has 1 N–H and O–H groups in total. The van der Waals surface area contributed by atoms with E-state index in [4.69, 9.17) is 13.9 Å². The maximum Gasteiger partial charge on any atom is 0.375 e. The van der Waals surface area contributed by atoms with E-state index in [-0.39, 0.29) is 12.2 Å². The Bertz CT molecular complexity index is 1060. The van der Waals surface area contributed by atoms with Crippen LogP contribution in [0.4, 0.5) is 0 Å². The molecule has 1 aromatic heterocycles. The van der Waals surface area contributed by atoms with E-state index in [1.807, 2.05) is 30.3 Å². The molecule has 1 heterocycles. The smallest absolute Gasteiger partial charge is 0.375 e. The van der Waals surface area contributed by atoms with Gasteiger partial charge in [0.2, 0.25) is 11.7 Å². The van der Waals surface area contributed by atoms with Crippen LogP contribution in [0.5, 0.6) is 5.75 Å². The second-order valence-electron chi connectivity index (χ2n) is 6.38. The van der Waals surface area contributed by atoms with Crippen LogP contribution in [0.2, 0.25) is 0 Å². The molecule has 30 heavy (non-hydrogen) atoms. The number of rotatable bonds is 8. The summed E-state index contributed by atoms with van der Waals surface area (Å²) < 4.78 is 15.7. The Balaban J connectivity index is 1.47. The maximum atomic E-state index is 12.3. The Labute approximate surface area is 177 Å². The van der Waals surface area contributed by atoms with Gasteiger partial charge < -0.3 is 13.9 Å². The number of carbonyl (C=O) groups excluding carboxylic acids is 3. The zero-order valence-electron chi connectivity index (χ0n) is 16.6. The minimum Gasteiger partial charge on any atom is -0.497 e. The first kappa shape index (κ1) is 21.4. The number of hydrogen-bond donors (Lipinski definition) is 1. The Hall–Kier alpha value is -3.26. The van der Waals surface area contributed by atoms with E-state index in [1.165, 1.54) is 11.8 Å². The number of nitrogens with one attached hydrogen (secondary N) is 1. The summed E-state index contributed by atoms with van der Waals surface area (Å²) in [6.07, 6.45) is 0.170. The zero-order chi connectivity index (χ0) is 21.5. The molecule has 0 unspecified atom stereocenters. The van der Waals surface area contributed by atoms with Gasteiger partial charge in [0, 0.05) is 28.0 Å². The maximum absolute atomic E-state index is 12.3. The standard InChI is InChI=1S/C22H21NO6S/c1-14-17-12-15(27-2)8-9-18(17)29-21(14)22(26)28-13-20(25)23-19(24)10-11-30-16-6-4-3-5-7-16/h3-9,12H,10-11,13H2,1-2H3,(H,23,24,25). The van der Waals surface area contributed by atoms with Crippen LogP contribution in [0.1, 0.15) is 22.5 Å². The average Bonchev–Trinajstić information content (AvgIpc) is 3.08. The van der Waals surface area contributed by atoms with Gasteiger partial charge in [0.15, 0.2) is 6.61 Å². The van der Waals surface area contributed by atoms with Crippen LogP contribution >= 0.6 is 11.8 Å². The van der Waals surface area contributed by atoms with Gasteiger partial charge in [0.05, 0.1) is 7.11 Å². The molecule has 0 atom stereocenters. The Kier molecular flexibility index (Phi) is 7.13. The molecule has 0 spiro atoms. The highest BCUT2D eigenvalue weighted by Crippen LogP contribution is 2.29. The molecule has 0 radical (unpaired) electrons. The highest BCUT2D eigenvalue weighted by atomic mass is 32.2.